The number of aryl methyl sites for hydroxylation is 2. The van der Waals surface area contributed by atoms with Gasteiger partial charge in [-0.15, -0.1) is 22.7 Å². The van der Waals surface area contributed by atoms with Gasteiger partial charge in [0.25, 0.3) is 5.91 Å². The monoisotopic (exact) mass is 461 g/mol. The molecule has 0 atom stereocenters. The molecule has 0 radical (unpaired) electrons. The molecule has 5 rings (SSSR count). The SMILES string of the molecule is CC(=O)N1CCc2c(sc(NC(=O)c3ccc(C)c(C)c3)c2-c2nc3ccccc3s2)C1. The fraction of sp³-hybridized carbons (Fsp3) is 0.240. The second-order valence-corrected chi connectivity index (χ2v) is 10.3. The van der Waals surface area contributed by atoms with Crippen molar-refractivity contribution in [2.75, 3.05) is 11.9 Å². The topological polar surface area (TPSA) is 62.3 Å². The normalized spacial score (nSPS) is 13.3. The van der Waals surface area contributed by atoms with Crippen LogP contribution in [0.3, 0.4) is 0 Å². The van der Waals surface area contributed by atoms with Crippen LogP contribution in [0, 0.1) is 13.8 Å². The second kappa shape index (κ2) is 8.15. The minimum atomic E-state index is -0.127. The molecule has 162 valence electrons. The smallest absolute Gasteiger partial charge is 0.256 e. The highest BCUT2D eigenvalue weighted by Crippen LogP contribution is 2.45. The summed E-state index contributed by atoms with van der Waals surface area (Å²) >= 11 is 3.20. The van der Waals surface area contributed by atoms with Crippen LogP contribution in [-0.2, 0) is 17.8 Å². The van der Waals surface area contributed by atoms with E-state index in [-0.39, 0.29) is 11.8 Å². The number of hydrogen-bond acceptors (Lipinski definition) is 5. The summed E-state index contributed by atoms with van der Waals surface area (Å²) in [7, 11) is 0. The summed E-state index contributed by atoms with van der Waals surface area (Å²) in [6, 6.07) is 13.8. The first-order valence-corrected chi connectivity index (χ1v) is 12.2. The Morgan fingerprint density at radius 3 is 2.62 bits per heavy atom. The number of carbonyl (C=O) groups is 2. The van der Waals surface area contributed by atoms with E-state index in [4.69, 9.17) is 4.98 Å². The van der Waals surface area contributed by atoms with Gasteiger partial charge in [0.2, 0.25) is 5.91 Å². The van der Waals surface area contributed by atoms with Crippen molar-refractivity contribution >= 4 is 49.7 Å². The minimum absolute atomic E-state index is 0.0753. The Labute approximate surface area is 194 Å². The number of para-hydroxylation sites is 1. The molecule has 4 aromatic rings. The summed E-state index contributed by atoms with van der Waals surface area (Å²) in [5.41, 5.74) is 6.05. The van der Waals surface area contributed by atoms with Crippen LogP contribution in [-0.4, -0.2) is 28.2 Å². The third kappa shape index (κ3) is 3.72. The van der Waals surface area contributed by atoms with Gasteiger partial charge in [-0.25, -0.2) is 4.98 Å². The van der Waals surface area contributed by atoms with Gasteiger partial charge in [-0.2, -0.15) is 0 Å². The molecule has 0 saturated heterocycles. The second-order valence-electron chi connectivity index (χ2n) is 8.14. The number of anilines is 1. The average Bonchev–Trinajstić information content (AvgIpc) is 3.35. The molecule has 0 unspecified atom stereocenters. The van der Waals surface area contributed by atoms with Gasteiger partial charge in [-0.3, -0.25) is 9.59 Å². The number of hydrogen-bond donors (Lipinski definition) is 1. The maximum absolute atomic E-state index is 13.1. The van der Waals surface area contributed by atoms with E-state index >= 15 is 0 Å². The van der Waals surface area contributed by atoms with Crippen molar-refractivity contribution in [3.63, 3.8) is 0 Å². The van der Waals surface area contributed by atoms with Crippen molar-refractivity contribution in [3.8, 4) is 10.6 Å². The zero-order valence-corrected chi connectivity index (χ0v) is 19.8. The van der Waals surface area contributed by atoms with Crippen molar-refractivity contribution in [2.24, 2.45) is 0 Å². The van der Waals surface area contributed by atoms with Crippen molar-refractivity contribution in [1.29, 1.82) is 0 Å². The average molecular weight is 462 g/mol. The molecule has 0 saturated carbocycles. The summed E-state index contributed by atoms with van der Waals surface area (Å²) in [5, 5.41) is 4.88. The van der Waals surface area contributed by atoms with E-state index in [9.17, 15) is 9.59 Å². The summed E-state index contributed by atoms with van der Waals surface area (Å²) < 4.78 is 1.12. The van der Waals surface area contributed by atoms with E-state index in [1.807, 2.05) is 55.1 Å². The lowest BCUT2D eigenvalue weighted by atomic mass is 10.0. The molecule has 3 heterocycles. The van der Waals surface area contributed by atoms with Crippen LogP contribution in [0.4, 0.5) is 5.00 Å². The van der Waals surface area contributed by atoms with Gasteiger partial charge >= 0.3 is 0 Å². The van der Waals surface area contributed by atoms with Crippen LogP contribution < -0.4 is 5.32 Å². The Bertz CT molecular complexity index is 1340. The minimum Gasteiger partial charge on any atom is -0.337 e. The van der Waals surface area contributed by atoms with E-state index in [2.05, 4.69) is 11.4 Å². The highest BCUT2D eigenvalue weighted by atomic mass is 32.1. The molecule has 0 fully saturated rings. The summed E-state index contributed by atoms with van der Waals surface area (Å²) in [6.45, 7) is 6.92. The first-order chi connectivity index (χ1) is 15.4. The summed E-state index contributed by atoms with van der Waals surface area (Å²) in [4.78, 5) is 32.9. The van der Waals surface area contributed by atoms with Gasteiger partial charge in [-0.1, -0.05) is 18.2 Å². The van der Waals surface area contributed by atoms with Crippen LogP contribution in [0.5, 0.6) is 0 Å². The molecule has 1 aliphatic heterocycles. The summed E-state index contributed by atoms with van der Waals surface area (Å²) in [6.07, 6.45) is 0.760. The van der Waals surface area contributed by atoms with Crippen LogP contribution in [0.25, 0.3) is 20.8 Å². The van der Waals surface area contributed by atoms with Crippen LogP contribution in [0.2, 0.25) is 0 Å². The lowest BCUT2D eigenvalue weighted by Gasteiger charge is -2.26. The fourth-order valence-electron chi connectivity index (χ4n) is 4.02. The molecule has 5 nitrogen and oxygen atoms in total. The number of carbonyl (C=O) groups excluding carboxylic acids is 2. The quantitative estimate of drug-likeness (QED) is 0.419. The van der Waals surface area contributed by atoms with E-state index in [1.165, 1.54) is 5.56 Å². The number of aromatic nitrogens is 1. The van der Waals surface area contributed by atoms with Crippen LogP contribution >= 0.6 is 22.7 Å². The van der Waals surface area contributed by atoms with E-state index in [0.29, 0.717) is 18.7 Å². The molecule has 0 aliphatic carbocycles. The molecule has 32 heavy (non-hydrogen) atoms. The van der Waals surface area contributed by atoms with Gasteiger partial charge in [0, 0.05) is 29.5 Å². The molecule has 2 aromatic carbocycles. The van der Waals surface area contributed by atoms with Gasteiger partial charge in [-0.05, 0) is 61.2 Å². The number of amides is 2. The number of thiazole rings is 1. The van der Waals surface area contributed by atoms with Crippen molar-refractivity contribution < 1.29 is 9.59 Å². The number of rotatable bonds is 3. The van der Waals surface area contributed by atoms with Crippen LogP contribution in [0.15, 0.2) is 42.5 Å². The number of benzene rings is 2. The molecule has 2 amide bonds. The molecule has 0 spiro atoms. The first kappa shape index (κ1) is 20.8. The number of fused-ring (bicyclic) bond motifs is 2. The molecule has 7 heteroatoms. The number of thiophene rings is 1. The van der Waals surface area contributed by atoms with E-state index in [1.54, 1.807) is 29.6 Å². The predicted octanol–water partition coefficient (Wildman–Crippen LogP) is 5.80. The molecular formula is C25H23N3O2S2. The Morgan fingerprint density at radius 2 is 1.88 bits per heavy atom. The van der Waals surface area contributed by atoms with Crippen molar-refractivity contribution in [2.45, 2.75) is 33.7 Å². The predicted molar refractivity (Wildman–Crippen MR) is 132 cm³/mol. The maximum Gasteiger partial charge on any atom is 0.256 e. The Balaban J connectivity index is 1.58. The van der Waals surface area contributed by atoms with Crippen molar-refractivity contribution in [3.05, 3.63) is 69.6 Å². The van der Waals surface area contributed by atoms with Gasteiger partial charge in [0.1, 0.15) is 10.0 Å². The molecule has 0 bridgehead atoms. The van der Waals surface area contributed by atoms with E-state index in [0.717, 1.165) is 48.2 Å². The van der Waals surface area contributed by atoms with Gasteiger partial charge in [0.15, 0.2) is 0 Å². The third-order valence-corrected chi connectivity index (χ3v) is 8.19. The van der Waals surface area contributed by atoms with E-state index < -0.39 is 0 Å². The molecule has 1 N–H and O–H groups in total. The van der Waals surface area contributed by atoms with Crippen LogP contribution in [0.1, 0.15) is 38.8 Å². The van der Waals surface area contributed by atoms with Gasteiger partial charge < -0.3 is 10.2 Å². The lowest BCUT2D eigenvalue weighted by molar-refractivity contribution is -0.129. The number of nitrogens with one attached hydrogen (secondary N) is 1. The number of nitrogens with zero attached hydrogens (tertiary/aromatic N) is 2. The Morgan fingerprint density at radius 1 is 1.06 bits per heavy atom. The Kier molecular flexibility index (Phi) is 5.31. The third-order valence-electron chi connectivity index (χ3n) is 6.01. The maximum atomic E-state index is 13.1. The fourth-order valence-corrected chi connectivity index (χ4v) is 6.39. The van der Waals surface area contributed by atoms with Gasteiger partial charge in [0.05, 0.1) is 16.8 Å². The molecule has 2 aromatic heterocycles. The molecule has 1 aliphatic rings. The first-order valence-electron chi connectivity index (χ1n) is 10.6. The highest BCUT2D eigenvalue weighted by Gasteiger charge is 2.28. The zero-order chi connectivity index (χ0) is 22.4. The molecular weight excluding hydrogens is 438 g/mol. The zero-order valence-electron chi connectivity index (χ0n) is 18.2. The lowest BCUT2D eigenvalue weighted by Crippen LogP contribution is -2.33. The summed E-state index contributed by atoms with van der Waals surface area (Å²) in [5.74, 6) is -0.0521. The standard InChI is InChI=1S/C25H23N3O2S2/c1-14-8-9-17(12-15(14)2)23(30)27-25-22(24-26-19-6-4-5-7-20(19)31-24)18-10-11-28(16(3)29)13-21(18)32-25/h4-9,12H,10-11,13H2,1-3H3,(H,27,30). The van der Waals surface area contributed by atoms with Crippen molar-refractivity contribution in [1.82, 2.24) is 9.88 Å². The Hall–Kier alpha value is -3.03. The highest BCUT2D eigenvalue weighted by molar-refractivity contribution is 7.23. The largest absolute Gasteiger partial charge is 0.337 e.